The standard InChI is InChI=1S/C18H36N6O2/c19-17(20)23-15(25)13-11-9-7-5-3-1-2-4-6-8-10-12-14-16(26)24-18(21)22/h1-14H2,(H4,19,20,23,25)(H4,21,22,24,26). The second kappa shape index (κ2) is 16.4. The van der Waals surface area contributed by atoms with Crippen LogP contribution in [0.5, 0.6) is 0 Å². The SMILES string of the molecule is NC(N)=NC(=O)CCCCCCCCCCCCCCC(=O)N=C(N)N. The quantitative estimate of drug-likeness (QED) is 0.196. The fourth-order valence-corrected chi connectivity index (χ4v) is 2.72. The van der Waals surface area contributed by atoms with Crippen molar-refractivity contribution in [2.24, 2.45) is 32.9 Å². The lowest BCUT2D eigenvalue weighted by molar-refractivity contribution is -0.118. The van der Waals surface area contributed by atoms with Gasteiger partial charge in [-0.3, -0.25) is 9.59 Å². The molecular weight excluding hydrogens is 332 g/mol. The van der Waals surface area contributed by atoms with E-state index in [1.54, 1.807) is 0 Å². The zero-order valence-corrected chi connectivity index (χ0v) is 15.9. The van der Waals surface area contributed by atoms with E-state index in [4.69, 9.17) is 22.9 Å². The highest BCUT2D eigenvalue weighted by molar-refractivity contribution is 5.91. The molecule has 8 nitrogen and oxygen atoms in total. The van der Waals surface area contributed by atoms with Crippen LogP contribution in [0.3, 0.4) is 0 Å². The summed E-state index contributed by atoms with van der Waals surface area (Å²) in [5.74, 6) is -0.778. The van der Waals surface area contributed by atoms with Crippen LogP contribution in [0.4, 0.5) is 0 Å². The van der Waals surface area contributed by atoms with Crippen LogP contribution in [-0.4, -0.2) is 23.7 Å². The molecule has 0 atom stereocenters. The number of hydrogen-bond acceptors (Lipinski definition) is 2. The van der Waals surface area contributed by atoms with E-state index in [0.717, 1.165) is 38.5 Å². The number of unbranched alkanes of at least 4 members (excludes halogenated alkanes) is 11. The van der Waals surface area contributed by atoms with Crippen LogP contribution in [0.2, 0.25) is 0 Å². The third kappa shape index (κ3) is 18.2. The van der Waals surface area contributed by atoms with Crippen LogP contribution >= 0.6 is 0 Å². The highest BCUT2D eigenvalue weighted by Gasteiger charge is 2.01. The minimum absolute atomic E-state index is 0.158. The molecule has 0 aliphatic heterocycles. The Morgan fingerprint density at radius 1 is 0.462 bits per heavy atom. The molecule has 0 rings (SSSR count). The first-order valence-corrected chi connectivity index (χ1v) is 9.66. The predicted octanol–water partition coefficient (Wildman–Crippen LogP) is 2.05. The van der Waals surface area contributed by atoms with Crippen LogP contribution in [0.1, 0.15) is 89.9 Å². The molecule has 8 N–H and O–H groups in total. The topological polar surface area (TPSA) is 163 Å². The van der Waals surface area contributed by atoms with Crippen molar-refractivity contribution in [1.82, 2.24) is 0 Å². The smallest absolute Gasteiger partial charge is 0.248 e. The molecule has 0 aliphatic carbocycles. The Hall–Kier alpha value is -2.12. The number of carbonyl (C=O) groups is 2. The lowest BCUT2D eigenvalue weighted by Crippen LogP contribution is -2.24. The van der Waals surface area contributed by atoms with Gasteiger partial charge in [-0.1, -0.05) is 64.2 Å². The van der Waals surface area contributed by atoms with Gasteiger partial charge in [-0.2, -0.15) is 9.98 Å². The molecule has 0 unspecified atom stereocenters. The van der Waals surface area contributed by atoms with Gasteiger partial charge < -0.3 is 22.9 Å². The average molecular weight is 369 g/mol. The van der Waals surface area contributed by atoms with E-state index in [0.29, 0.717) is 12.8 Å². The summed E-state index contributed by atoms with van der Waals surface area (Å²) in [7, 11) is 0. The van der Waals surface area contributed by atoms with E-state index in [1.807, 2.05) is 0 Å². The van der Waals surface area contributed by atoms with Crippen molar-refractivity contribution in [2.75, 3.05) is 0 Å². The highest BCUT2D eigenvalue weighted by atomic mass is 16.1. The maximum Gasteiger partial charge on any atom is 0.248 e. The van der Waals surface area contributed by atoms with E-state index >= 15 is 0 Å². The summed E-state index contributed by atoms with van der Waals surface area (Å²) in [6.45, 7) is 0. The number of carbonyl (C=O) groups excluding carboxylic acids is 2. The molecule has 0 saturated carbocycles. The molecule has 0 aromatic heterocycles. The van der Waals surface area contributed by atoms with Gasteiger partial charge in [0.15, 0.2) is 11.9 Å². The molecule has 26 heavy (non-hydrogen) atoms. The van der Waals surface area contributed by atoms with Crippen molar-refractivity contribution in [3.63, 3.8) is 0 Å². The summed E-state index contributed by atoms with van der Waals surface area (Å²) >= 11 is 0. The summed E-state index contributed by atoms with van der Waals surface area (Å²) in [6, 6.07) is 0. The van der Waals surface area contributed by atoms with Crippen LogP contribution < -0.4 is 22.9 Å². The molecule has 0 aromatic carbocycles. The normalized spacial score (nSPS) is 10.3. The van der Waals surface area contributed by atoms with Crippen molar-refractivity contribution in [1.29, 1.82) is 0 Å². The molecule has 0 heterocycles. The number of amides is 2. The molecule has 0 fully saturated rings. The first-order chi connectivity index (χ1) is 12.4. The summed E-state index contributed by atoms with van der Waals surface area (Å²) < 4.78 is 0. The van der Waals surface area contributed by atoms with Crippen molar-refractivity contribution in [3.8, 4) is 0 Å². The Balaban J connectivity index is 3.25. The van der Waals surface area contributed by atoms with Crippen LogP contribution in [0.25, 0.3) is 0 Å². The average Bonchev–Trinajstić information content (AvgIpc) is 2.53. The predicted molar refractivity (Wildman–Crippen MR) is 106 cm³/mol. The molecular formula is C18H36N6O2. The van der Waals surface area contributed by atoms with Crippen LogP contribution in [-0.2, 0) is 9.59 Å². The number of guanidine groups is 2. The summed E-state index contributed by atoms with van der Waals surface area (Å²) in [4.78, 5) is 29.5. The zero-order chi connectivity index (χ0) is 19.6. The molecule has 0 aliphatic rings. The molecule has 0 aromatic rings. The van der Waals surface area contributed by atoms with Crippen molar-refractivity contribution in [3.05, 3.63) is 0 Å². The van der Waals surface area contributed by atoms with E-state index in [-0.39, 0.29) is 23.7 Å². The Bertz CT molecular complexity index is 413. The second-order valence-electron chi connectivity index (χ2n) is 6.60. The summed E-state index contributed by atoms with van der Waals surface area (Å²) in [5, 5.41) is 0. The summed E-state index contributed by atoms with van der Waals surface area (Å²) in [6.07, 6.45) is 14.4. The lowest BCUT2D eigenvalue weighted by atomic mass is 10.0. The number of nitrogens with two attached hydrogens (primary N) is 4. The third-order valence-electron chi connectivity index (χ3n) is 4.04. The number of rotatable bonds is 15. The van der Waals surface area contributed by atoms with E-state index < -0.39 is 0 Å². The van der Waals surface area contributed by atoms with E-state index in [9.17, 15) is 9.59 Å². The monoisotopic (exact) mass is 368 g/mol. The minimum Gasteiger partial charge on any atom is -0.370 e. The van der Waals surface area contributed by atoms with Gasteiger partial charge in [0.2, 0.25) is 11.8 Å². The van der Waals surface area contributed by atoms with E-state index in [2.05, 4.69) is 9.98 Å². The van der Waals surface area contributed by atoms with Gasteiger partial charge in [0, 0.05) is 12.8 Å². The van der Waals surface area contributed by atoms with Crippen molar-refractivity contribution >= 4 is 23.7 Å². The Kier molecular flexibility index (Phi) is 15.0. The van der Waals surface area contributed by atoms with E-state index in [1.165, 1.54) is 38.5 Å². The van der Waals surface area contributed by atoms with Gasteiger partial charge in [-0.15, -0.1) is 0 Å². The lowest BCUT2D eigenvalue weighted by Gasteiger charge is -2.03. The maximum atomic E-state index is 11.3. The van der Waals surface area contributed by atoms with Gasteiger partial charge in [0.1, 0.15) is 0 Å². The molecule has 150 valence electrons. The minimum atomic E-state index is -0.231. The molecule has 8 heteroatoms. The largest absolute Gasteiger partial charge is 0.370 e. The van der Waals surface area contributed by atoms with Crippen LogP contribution in [0, 0.1) is 0 Å². The number of nitrogens with zero attached hydrogens (tertiary/aromatic N) is 2. The molecule has 0 bridgehead atoms. The second-order valence-corrected chi connectivity index (χ2v) is 6.60. The molecule has 0 radical (unpaired) electrons. The molecule has 0 spiro atoms. The first-order valence-electron chi connectivity index (χ1n) is 9.66. The fraction of sp³-hybridized carbons (Fsp3) is 0.778. The third-order valence-corrected chi connectivity index (χ3v) is 4.04. The Morgan fingerprint density at radius 3 is 0.923 bits per heavy atom. The van der Waals surface area contributed by atoms with Crippen molar-refractivity contribution in [2.45, 2.75) is 89.9 Å². The zero-order valence-electron chi connectivity index (χ0n) is 15.9. The fourth-order valence-electron chi connectivity index (χ4n) is 2.72. The summed E-state index contributed by atoms with van der Waals surface area (Å²) in [5.41, 5.74) is 20.6. The van der Waals surface area contributed by atoms with Gasteiger partial charge >= 0.3 is 0 Å². The Labute approximate surface area is 156 Å². The van der Waals surface area contributed by atoms with Gasteiger partial charge in [0.05, 0.1) is 0 Å². The van der Waals surface area contributed by atoms with Gasteiger partial charge in [0.25, 0.3) is 0 Å². The Morgan fingerprint density at radius 2 is 0.692 bits per heavy atom. The first kappa shape index (κ1) is 23.9. The molecule has 2 amide bonds. The van der Waals surface area contributed by atoms with Gasteiger partial charge in [-0.25, -0.2) is 0 Å². The highest BCUT2D eigenvalue weighted by Crippen LogP contribution is 2.13. The van der Waals surface area contributed by atoms with Crippen LogP contribution in [0.15, 0.2) is 9.98 Å². The van der Waals surface area contributed by atoms with Crippen molar-refractivity contribution < 1.29 is 9.59 Å². The number of aliphatic imine (C=N–C) groups is 2. The maximum absolute atomic E-state index is 11.3. The molecule has 0 saturated heterocycles. The van der Waals surface area contributed by atoms with Gasteiger partial charge in [-0.05, 0) is 12.8 Å². The number of hydrogen-bond donors (Lipinski definition) is 4.